The van der Waals surface area contributed by atoms with E-state index in [4.69, 9.17) is 23.2 Å². The molecule has 3 rings (SSSR count). The van der Waals surface area contributed by atoms with Crippen LogP contribution in [0.3, 0.4) is 0 Å². The molecule has 1 saturated heterocycles. The molecule has 0 radical (unpaired) electrons. The van der Waals surface area contributed by atoms with E-state index in [1.807, 2.05) is 0 Å². The first kappa shape index (κ1) is 15.0. The Kier molecular flexibility index (Phi) is 4.40. The zero-order valence-corrected chi connectivity index (χ0v) is 13.1. The number of nitrogens with zero attached hydrogens (tertiary/aromatic N) is 5. The Bertz CT molecular complexity index is 671. The molecule has 1 aliphatic rings. The molecule has 1 amide bonds. The van der Waals surface area contributed by atoms with Crippen molar-refractivity contribution in [3.05, 3.63) is 46.6 Å². The number of piperazine rings is 1. The van der Waals surface area contributed by atoms with Crippen molar-refractivity contribution in [1.29, 1.82) is 0 Å². The standard InChI is InChI=1S/C14H13Cl2N5O/c15-10-1-2-11(17-8-10)14(22)21-5-3-20(4-6-21)13-7-12(16)18-9-19-13/h1-2,7-9H,3-6H2. The van der Waals surface area contributed by atoms with E-state index in [0.717, 1.165) is 5.82 Å². The smallest absolute Gasteiger partial charge is 0.272 e. The normalized spacial score (nSPS) is 15.0. The summed E-state index contributed by atoms with van der Waals surface area (Å²) in [4.78, 5) is 28.3. The zero-order chi connectivity index (χ0) is 15.5. The second-order valence-electron chi connectivity index (χ2n) is 4.84. The molecule has 2 aromatic rings. The summed E-state index contributed by atoms with van der Waals surface area (Å²) in [6.45, 7) is 2.58. The lowest BCUT2D eigenvalue weighted by Gasteiger charge is -2.35. The third kappa shape index (κ3) is 3.28. The van der Waals surface area contributed by atoms with Crippen LogP contribution in [0.2, 0.25) is 10.2 Å². The highest BCUT2D eigenvalue weighted by atomic mass is 35.5. The number of pyridine rings is 1. The number of halogens is 2. The van der Waals surface area contributed by atoms with Gasteiger partial charge in [0, 0.05) is 38.4 Å². The molecular formula is C14H13Cl2N5O. The molecule has 0 atom stereocenters. The van der Waals surface area contributed by atoms with Crippen LogP contribution in [0, 0.1) is 0 Å². The number of carbonyl (C=O) groups excluding carboxylic acids is 1. The number of aromatic nitrogens is 3. The molecule has 1 fully saturated rings. The van der Waals surface area contributed by atoms with Gasteiger partial charge in [-0.1, -0.05) is 23.2 Å². The van der Waals surface area contributed by atoms with Crippen molar-refractivity contribution >= 4 is 34.9 Å². The number of carbonyl (C=O) groups is 1. The van der Waals surface area contributed by atoms with E-state index in [0.29, 0.717) is 42.0 Å². The van der Waals surface area contributed by atoms with Crippen LogP contribution >= 0.6 is 23.2 Å². The van der Waals surface area contributed by atoms with Crippen molar-refractivity contribution in [2.24, 2.45) is 0 Å². The fourth-order valence-corrected chi connectivity index (χ4v) is 2.55. The van der Waals surface area contributed by atoms with Crippen LogP contribution in [0.1, 0.15) is 10.5 Å². The highest BCUT2D eigenvalue weighted by Gasteiger charge is 2.23. The third-order valence-corrected chi connectivity index (χ3v) is 3.89. The van der Waals surface area contributed by atoms with Gasteiger partial charge >= 0.3 is 0 Å². The van der Waals surface area contributed by atoms with Crippen LogP contribution in [0.5, 0.6) is 0 Å². The summed E-state index contributed by atoms with van der Waals surface area (Å²) in [6, 6.07) is 5.03. The first-order valence-corrected chi connectivity index (χ1v) is 7.52. The molecule has 22 heavy (non-hydrogen) atoms. The molecule has 6 nitrogen and oxygen atoms in total. The van der Waals surface area contributed by atoms with E-state index >= 15 is 0 Å². The van der Waals surface area contributed by atoms with Crippen LogP contribution in [0.15, 0.2) is 30.7 Å². The van der Waals surface area contributed by atoms with Gasteiger partial charge in [-0.2, -0.15) is 0 Å². The predicted molar refractivity (Wildman–Crippen MR) is 84.4 cm³/mol. The molecule has 1 aliphatic heterocycles. The van der Waals surface area contributed by atoms with Gasteiger partial charge in [0.05, 0.1) is 5.02 Å². The van der Waals surface area contributed by atoms with Gasteiger partial charge in [-0.05, 0) is 12.1 Å². The molecule has 0 bridgehead atoms. The minimum absolute atomic E-state index is 0.0861. The Hall–Kier alpha value is -1.92. The van der Waals surface area contributed by atoms with Gasteiger partial charge in [0.25, 0.3) is 5.91 Å². The highest BCUT2D eigenvalue weighted by molar-refractivity contribution is 6.30. The summed E-state index contributed by atoms with van der Waals surface area (Å²) >= 11 is 11.7. The molecular weight excluding hydrogens is 325 g/mol. The van der Waals surface area contributed by atoms with Crippen LogP contribution < -0.4 is 4.90 Å². The number of amides is 1. The maximum absolute atomic E-state index is 12.4. The van der Waals surface area contributed by atoms with Crippen molar-refractivity contribution in [3.63, 3.8) is 0 Å². The summed E-state index contributed by atoms with van der Waals surface area (Å²) < 4.78 is 0. The second kappa shape index (κ2) is 6.46. The van der Waals surface area contributed by atoms with E-state index in [-0.39, 0.29) is 5.91 Å². The van der Waals surface area contributed by atoms with Crippen molar-refractivity contribution in [2.45, 2.75) is 0 Å². The van der Waals surface area contributed by atoms with Crippen molar-refractivity contribution in [1.82, 2.24) is 19.9 Å². The molecule has 0 unspecified atom stereocenters. The summed E-state index contributed by atoms with van der Waals surface area (Å²) in [5.41, 5.74) is 0.405. The SMILES string of the molecule is O=C(c1ccc(Cl)cn1)N1CCN(c2cc(Cl)ncn2)CC1. The minimum Gasteiger partial charge on any atom is -0.353 e. The first-order valence-electron chi connectivity index (χ1n) is 6.77. The first-order chi connectivity index (χ1) is 10.6. The monoisotopic (exact) mass is 337 g/mol. The van der Waals surface area contributed by atoms with Gasteiger partial charge in [0.1, 0.15) is 23.0 Å². The minimum atomic E-state index is -0.0861. The van der Waals surface area contributed by atoms with E-state index in [1.54, 1.807) is 23.1 Å². The second-order valence-corrected chi connectivity index (χ2v) is 5.66. The molecule has 3 heterocycles. The van der Waals surface area contributed by atoms with Crippen molar-refractivity contribution in [2.75, 3.05) is 31.1 Å². The lowest BCUT2D eigenvalue weighted by molar-refractivity contribution is 0.0740. The summed E-state index contributed by atoms with van der Waals surface area (Å²) in [5.74, 6) is 0.689. The number of hydrogen-bond acceptors (Lipinski definition) is 5. The average molecular weight is 338 g/mol. The molecule has 0 aromatic carbocycles. The van der Waals surface area contributed by atoms with Gasteiger partial charge in [-0.25, -0.2) is 15.0 Å². The van der Waals surface area contributed by atoms with Gasteiger partial charge < -0.3 is 9.80 Å². The molecule has 8 heteroatoms. The Morgan fingerprint density at radius 2 is 1.82 bits per heavy atom. The van der Waals surface area contributed by atoms with Gasteiger partial charge in [0.15, 0.2) is 0 Å². The topological polar surface area (TPSA) is 62.2 Å². The molecule has 0 N–H and O–H groups in total. The Morgan fingerprint density at radius 3 is 2.45 bits per heavy atom. The maximum atomic E-state index is 12.4. The van der Waals surface area contributed by atoms with E-state index < -0.39 is 0 Å². The Labute approximate surface area is 137 Å². The molecule has 114 valence electrons. The maximum Gasteiger partial charge on any atom is 0.272 e. The van der Waals surface area contributed by atoms with Crippen molar-refractivity contribution < 1.29 is 4.79 Å². The van der Waals surface area contributed by atoms with Crippen LogP contribution in [0.25, 0.3) is 0 Å². The average Bonchev–Trinajstić information content (AvgIpc) is 2.55. The Balaban J connectivity index is 1.64. The number of anilines is 1. The highest BCUT2D eigenvalue weighted by Crippen LogP contribution is 2.17. The lowest BCUT2D eigenvalue weighted by Crippen LogP contribution is -2.49. The largest absolute Gasteiger partial charge is 0.353 e. The van der Waals surface area contributed by atoms with Gasteiger partial charge in [-0.15, -0.1) is 0 Å². The lowest BCUT2D eigenvalue weighted by atomic mass is 10.2. The molecule has 2 aromatic heterocycles. The predicted octanol–water partition coefficient (Wildman–Crippen LogP) is 2.14. The summed E-state index contributed by atoms with van der Waals surface area (Å²) in [5, 5.41) is 0.927. The van der Waals surface area contributed by atoms with E-state index in [2.05, 4.69) is 19.9 Å². The fourth-order valence-electron chi connectivity index (χ4n) is 2.30. The Morgan fingerprint density at radius 1 is 1.05 bits per heavy atom. The summed E-state index contributed by atoms with van der Waals surface area (Å²) in [7, 11) is 0. The van der Waals surface area contributed by atoms with Gasteiger partial charge in [0.2, 0.25) is 0 Å². The quantitative estimate of drug-likeness (QED) is 0.785. The number of hydrogen-bond donors (Lipinski definition) is 0. The molecule has 0 spiro atoms. The van der Waals surface area contributed by atoms with Crippen molar-refractivity contribution in [3.8, 4) is 0 Å². The molecule has 0 saturated carbocycles. The third-order valence-electron chi connectivity index (χ3n) is 3.46. The van der Waals surface area contributed by atoms with Crippen LogP contribution in [-0.2, 0) is 0 Å². The molecule has 0 aliphatic carbocycles. The van der Waals surface area contributed by atoms with Gasteiger partial charge in [-0.3, -0.25) is 4.79 Å². The number of rotatable bonds is 2. The zero-order valence-electron chi connectivity index (χ0n) is 11.6. The summed E-state index contributed by atoms with van der Waals surface area (Å²) in [6.07, 6.45) is 2.92. The van der Waals surface area contributed by atoms with Crippen LogP contribution in [-0.4, -0.2) is 51.9 Å². The van der Waals surface area contributed by atoms with E-state index in [9.17, 15) is 4.79 Å². The van der Waals surface area contributed by atoms with E-state index in [1.165, 1.54) is 12.5 Å². The van der Waals surface area contributed by atoms with Crippen LogP contribution in [0.4, 0.5) is 5.82 Å². The fraction of sp³-hybridized carbons (Fsp3) is 0.286.